The molecule has 2 N–H and O–H groups in total. The molecule has 0 aliphatic heterocycles. The normalized spacial score (nSPS) is 10.5. The summed E-state index contributed by atoms with van der Waals surface area (Å²) in [6.45, 7) is 2.51. The van der Waals surface area contributed by atoms with Gasteiger partial charge in [-0.05, 0) is 41.9 Å². The molecule has 0 saturated carbocycles. The molecule has 0 radical (unpaired) electrons. The average Bonchev–Trinajstić information content (AvgIpc) is 2.32. The lowest BCUT2D eigenvalue weighted by Gasteiger charge is -2.04. The molecule has 0 spiro atoms. The number of aromatic nitrogens is 2. The number of hydrogen-bond donors (Lipinski definition) is 1. The molecule has 2 aromatic rings. The van der Waals surface area contributed by atoms with E-state index in [0.29, 0.717) is 6.54 Å². The summed E-state index contributed by atoms with van der Waals surface area (Å²) in [5, 5.41) is 0.753. The van der Waals surface area contributed by atoms with E-state index in [1.165, 1.54) is 11.8 Å². The summed E-state index contributed by atoms with van der Waals surface area (Å²) in [4.78, 5) is 9.61. The van der Waals surface area contributed by atoms with Gasteiger partial charge in [-0.1, -0.05) is 22.0 Å². The maximum atomic E-state index is 5.61. The zero-order chi connectivity index (χ0) is 12.3. The fourth-order valence-corrected chi connectivity index (χ4v) is 2.72. The van der Waals surface area contributed by atoms with Gasteiger partial charge in [-0.15, -0.1) is 0 Å². The molecule has 3 nitrogen and oxygen atoms in total. The van der Waals surface area contributed by atoms with Crippen molar-refractivity contribution >= 4 is 27.7 Å². The lowest BCUT2D eigenvalue weighted by atomic mass is 10.2. The van der Waals surface area contributed by atoms with E-state index in [0.717, 1.165) is 25.7 Å². The zero-order valence-corrected chi connectivity index (χ0v) is 11.8. The maximum absolute atomic E-state index is 5.61. The summed E-state index contributed by atoms with van der Waals surface area (Å²) in [6, 6.07) is 6.08. The first-order chi connectivity index (χ1) is 8.19. The molecule has 2 rings (SSSR count). The van der Waals surface area contributed by atoms with Gasteiger partial charge in [0.25, 0.3) is 0 Å². The van der Waals surface area contributed by atoms with E-state index in [1.807, 2.05) is 37.5 Å². The standard InChI is InChI=1S/C12H12BrN3S/c1-8-6-15-12(16-7-8)17-10-3-2-9(5-14)11(13)4-10/h2-4,6-7H,5,14H2,1H3. The molecule has 5 heteroatoms. The molecular weight excluding hydrogens is 298 g/mol. The first-order valence-electron chi connectivity index (χ1n) is 5.14. The van der Waals surface area contributed by atoms with Crippen molar-refractivity contribution in [3.63, 3.8) is 0 Å². The van der Waals surface area contributed by atoms with Gasteiger partial charge in [0.15, 0.2) is 5.16 Å². The predicted octanol–water partition coefficient (Wildman–Crippen LogP) is 3.16. The van der Waals surface area contributed by atoms with Crippen molar-refractivity contribution in [1.82, 2.24) is 9.97 Å². The molecule has 1 aromatic carbocycles. The molecule has 0 aliphatic carbocycles. The monoisotopic (exact) mass is 309 g/mol. The van der Waals surface area contributed by atoms with Crippen LogP contribution in [0.3, 0.4) is 0 Å². The number of benzene rings is 1. The van der Waals surface area contributed by atoms with Crippen molar-refractivity contribution in [2.45, 2.75) is 23.5 Å². The van der Waals surface area contributed by atoms with Gasteiger partial charge < -0.3 is 5.73 Å². The summed E-state index contributed by atoms with van der Waals surface area (Å²) in [5.74, 6) is 0. The van der Waals surface area contributed by atoms with Crippen molar-refractivity contribution in [3.05, 3.63) is 46.2 Å². The molecule has 0 aliphatic rings. The molecule has 1 heterocycles. The molecule has 0 unspecified atom stereocenters. The smallest absolute Gasteiger partial charge is 0.192 e. The van der Waals surface area contributed by atoms with E-state index in [-0.39, 0.29) is 0 Å². The lowest BCUT2D eigenvalue weighted by Crippen LogP contribution is -1.97. The molecule has 0 atom stereocenters. The third-order valence-corrected chi connectivity index (χ3v) is 3.83. The van der Waals surface area contributed by atoms with Crippen molar-refractivity contribution in [2.75, 3.05) is 0 Å². The highest BCUT2D eigenvalue weighted by molar-refractivity contribution is 9.10. The largest absolute Gasteiger partial charge is 0.326 e. The van der Waals surface area contributed by atoms with E-state index < -0.39 is 0 Å². The highest BCUT2D eigenvalue weighted by atomic mass is 79.9. The van der Waals surface area contributed by atoms with Gasteiger partial charge in [0.2, 0.25) is 0 Å². The van der Waals surface area contributed by atoms with Crippen LogP contribution < -0.4 is 5.73 Å². The van der Waals surface area contributed by atoms with Gasteiger partial charge in [-0.3, -0.25) is 0 Å². The van der Waals surface area contributed by atoms with E-state index in [1.54, 1.807) is 0 Å². The van der Waals surface area contributed by atoms with Gasteiger partial charge in [-0.2, -0.15) is 0 Å². The highest BCUT2D eigenvalue weighted by Crippen LogP contribution is 2.28. The Balaban J connectivity index is 2.19. The second kappa shape index (κ2) is 5.62. The first kappa shape index (κ1) is 12.5. The van der Waals surface area contributed by atoms with Crippen molar-refractivity contribution < 1.29 is 0 Å². The number of aryl methyl sites for hydroxylation is 1. The number of nitrogens with two attached hydrogens (primary N) is 1. The van der Waals surface area contributed by atoms with Crippen molar-refractivity contribution in [1.29, 1.82) is 0 Å². The summed E-state index contributed by atoms with van der Waals surface area (Å²) < 4.78 is 1.03. The Morgan fingerprint density at radius 1 is 1.29 bits per heavy atom. The van der Waals surface area contributed by atoms with Crippen LogP contribution in [-0.2, 0) is 6.54 Å². The molecule has 0 saturated heterocycles. The van der Waals surface area contributed by atoms with Crippen LogP contribution in [0.4, 0.5) is 0 Å². The number of halogens is 1. The van der Waals surface area contributed by atoms with Crippen LogP contribution in [0.2, 0.25) is 0 Å². The summed E-state index contributed by atoms with van der Waals surface area (Å²) in [6.07, 6.45) is 3.64. The third kappa shape index (κ3) is 3.28. The van der Waals surface area contributed by atoms with Crippen LogP contribution >= 0.6 is 27.7 Å². The molecule has 0 amide bonds. The van der Waals surface area contributed by atoms with E-state index >= 15 is 0 Å². The van der Waals surface area contributed by atoms with Gasteiger partial charge in [0.05, 0.1) is 0 Å². The molecule has 0 fully saturated rings. The zero-order valence-electron chi connectivity index (χ0n) is 9.35. The quantitative estimate of drug-likeness (QED) is 0.885. The Labute approximate surface area is 113 Å². The molecule has 88 valence electrons. The molecule has 17 heavy (non-hydrogen) atoms. The van der Waals surface area contributed by atoms with Gasteiger partial charge >= 0.3 is 0 Å². The minimum Gasteiger partial charge on any atom is -0.326 e. The number of hydrogen-bond acceptors (Lipinski definition) is 4. The van der Waals surface area contributed by atoms with Crippen LogP contribution in [0.25, 0.3) is 0 Å². The van der Waals surface area contributed by atoms with E-state index in [9.17, 15) is 0 Å². The van der Waals surface area contributed by atoms with Gasteiger partial charge in [0, 0.05) is 28.3 Å². The molecule has 1 aromatic heterocycles. The number of nitrogens with zero attached hydrogens (tertiary/aromatic N) is 2. The second-order valence-corrected chi connectivity index (χ2v) is 5.50. The van der Waals surface area contributed by atoms with Crippen LogP contribution in [0.15, 0.2) is 45.1 Å². The van der Waals surface area contributed by atoms with Crippen LogP contribution in [0.1, 0.15) is 11.1 Å². The lowest BCUT2D eigenvalue weighted by molar-refractivity contribution is 0.949. The average molecular weight is 310 g/mol. The summed E-state index contributed by atoms with van der Waals surface area (Å²) in [7, 11) is 0. The van der Waals surface area contributed by atoms with Gasteiger partial charge in [0.1, 0.15) is 0 Å². The van der Waals surface area contributed by atoms with Gasteiger partial charge in [-0.25, -0.2) is 9.97 Å². The van der Waals surface area contributed by atoms with E-state index in [2.05, 4.69) is 25.9 Å². The summed E-state index contributed by atoms with van der Waals surface area (Å²) in [5.41, 5.74) is 7.77. The second-order valence-electron chi connectivity index (χ2n) is 3.60. The Hall–Kier alpha value is -0.910. The fraction of sp³-hybridized carbons (Fsp3) is 0.167. The summed E-state index contributed by atoms with van der Waals surface area (Å²) >= 11 is 5.03. The topological polar surface area (TPSA) is 51.8 Å². The molecular formula is C12H12BrN3S. The SMILES string of the molecule is Cc1cnc(Sc2ccc(CN)c(Br)c2)nc1. The van der Waals surface area contributed by atoms with Crippen LogP contribution in [0.5, 0.6) is 0 Å². The Kier molecular flexibility index (Phi) is 4.15. The third-order valence-electron chi connectivity index (χ3n) is 2.21. The Bertz CT molecular complexity index is 514. The molecule has 0 bridgehead atoms. The van der Waals surface area contributed by atoms with Crippen molar-refractivity contribution in [2.24, 2.45) is 5.73 Å². The minimum atomic E-state index is 0.534. The highest BCUT2D eigenvalue weighted by Gasteiger charge is 2.03. The number of rotatable bonds is 3. The van der Waals surface area contributed by atoms with Crippen molar-refractivity contribution in [3.8, 4) is 0 Å². The van der Waals surface area contributed by atoms with Crippen LogP contribution in [-0.4, -0.2) is 9.97 Å². The Morgan fingerprint density at radius 2 is 2.00 bits per heavy atom. The fourth-order valence-electron chi connectivity index (χ4n) is 1.30. The van der Waals surface area contributed by atoms with E-state index in [4.69, 9.17) is 5.73 Å². The van der Waals surface area contributed by atoms with Crippen LogP contribution in [0, 0.1) is 6.92 Å². The minimum absolute atomic E-state index is 0.534. The Morgan fingerprint density at radius 3 is 2.59 bits per heavy atom. The maximum Gasteiger partial charge on any atom is 0.192 e. The first-order valence-corrected chi connectivity index (χ1v) is 6.75. The predicted molar refractivity (Wildman–Crippen MR) is 72.9 cm³/mol.